The van der Waals surface area contributed by atoms with E-state index < -0.39 is 12.0 Å². The van der Waals surface area contributed by atoms with Crippen LogP contribution >= 0.6 is 0 Å². The number of hydrogen-bond donors (Lipinski definition) is 2. The van der Waals surface area contributed by atoms with Crippen LogP contribution in [-0.4, -0.2) is 59.9 Å². The van der Waals surface area contributed by atoms with Crippen molar-refractivity contribution in [3.05, 3.63) is 58.3 Å². The third kappa shape index (κ3) is 6.51. The highest BCUT2D eigenvalue weighted by Crippen LogP contribution is 2.37. The summed E-state index contributed by atoms with van der Waals surface area (Å²) in [6, 6.07) is 9.91. The molecule has 0 bridgehead atoms. The van der Waals surface area contributed by atoms with E-state index in [9.17, 15) is 9.90 Å². The normalized spacial score (nSPS) is 22.5. The van der Waals surface area contributed by atoms with E-state index in [0.29, 0.717) is 6.54 Å². The fourth-order valence-corrected chi connectivity index (χ4v) is 6.00. The Bertz CT molecular complexity index is 1070. The number of carboxylic acid groups (broad SMARTS) is 1. The second-order valence-electron chi connectivity index (χ2n) is 10.8. The van der Waals surface area contributed by atoms with Crippen LogP contribution in [0.4, 0.5) is 5.82 Å². The Morgan fingerprint density at radius 3 is 2.97 bits per heavy atom. The molecule has 1 aromatic heterocycles. The molecule has 2 saturated heterocycles. The van der Waals surface area contributed by atoms with E-state index in [4.69, 9.17) is 14.5 Å². The standard InChI is InChI=1S/C30H41N3O4/c1-21-10-13-25(27-9-6-18-37-27)26(19-21)28(30(34)35)33-16-14-24(20-33)36-17-4-2-3-8-23-12-11-22-7-5-15-31-29(22)32-23/h10-13,19,24,27-28H,2-9,14-18,20H2,1H3,(H,31,32)(H,34,35)/t24-,27-,28+/m1/s1. The SMILES string of the molecule is Cc1ccc([C@H]2CCCO2)c([C@@H](C(=O)O)N2CC[C@@H](OCCCCCc3ccc4c(n3)NCCC4)C2)c1. The highest BCUT2D eigenvalue weighted by Gasteiger charge is 2.36. The van der Waals surface area contributed by atoms with Crippen molar-refractivity contribution in [1.29, 1.82) is 0 Å². The van der Waals surface area contributed by atoms with Crippen molar-refractivity contribution in [2.24, 2.45) is 0 Å². The van der Waals surface area contributed by atoms with Gasteiger partial charge in [0.25, 0.3) is 0 Å². The van der Waals surface area contributed by atoms with E-state index >= 15 is 0 Å². The second-order valence-corrected chi connectivity index (χ2v) is 10.8. The molecule has 3 aliphatic rings. The van der Waals surface area contributed by atoms with Crippen LogP contribution in [0.15, 0.2) is 30.3 Å². The number of pyridine rings is 1. The molecule has 2 aromatic rings. The number of unbranched alkanes of at least 4 members (excludes halogenated alkanes) is 2. The summed E-state index contributed by atoms with van der Waals surface area (Å²) >= 11 is 0. The molecule has 0 radical (unpaired) electrons. The number of likely N-dealkylation sites (tertiary alicyclic amines) is 1. The lowest BCUT2D eigenvalue weighted by atomic mass is 9.92. The van der Waals surface area contributed by atoms with Crippen molar-refractivity contribution in [1.82, 2.24) is 9.88 Å². The van der Waals surface area contributed by atoms with E-state index in [0.717, 1.165) is 100 Å². The van der Waals surface area contributed by atoms with Crippen LogP contribution in [0, 0.1) is 6.92 Å². The molecule has 0 spiro atoms. The van der Waals surface area contributed by atoms with Gasteiger partial charge in [0.15, 0.2) is 0 Å². The number of aliphatic carboxylic acids is 1. The van der Waals surface area contributed by atoms with Gasteiger partial charge in [-0.1, -0.05) is 36.2 Å². The average Bonchev–Trinajstić information content (AvgIpc) is 3.59. The molecule has 3 atom stereocenters. The summed E-state index contributed by atoms with van der Waals surface area (Å²) in [5.74, 6) is 0.280. The first-order chi connectivity index (χ1) is 18.1. The third-order valence-electron chi connectivity index (χ3n) is 7.97. The molecule has 0 unspecified atom stereocenters. The lowest BCUT2D eigenvalue weighted by molar-refractivity contribution is -0.143. The van der Waals surface area contributed by atoms with Crippen LogP contribution in [0.1, 0.15) is 85.0 Å². The third-order valence-corrected chi connectivity index (χ3v) is 7.97. The molecular weight excluding hydrogens is 466 g/mol. The molecule has 1 aromatic carbocycles. The Hall–Kier alpha value is -2.48. The molecule has 0 amide bonds. The number of ether oxygens (including phenoxy) is 2. The summed E-state index contributed by atoms with van der Waals surface area (Å²) in [4.78, 5) is 19.3. The lowest BCUT2D eigenvalue weighted by Crippen LogP contribution is -2.34. The molecule has 3 aliphatic heterocycles. The first kappa shape index (κ1) is 26.1. The van der Waals surface area contributed by atoms with Gasteiger partial charge >= 0.3 is 5.97 Å². The Labute approximate surface area is 220 Å². The van der Waals surface area contributed by atoms with Crippen molar-refractivity contribution >= 4 is 11.8 Å². The lowest BCUT2D eigenvalue weighted by Gasteiger charge is -2.28. The number of hydrogen-bond acceptors (Lipinski definition) is 6. The van der Waals surface area contributed by atoms with Gasteiger partial charge in [0.1, 0.15) is 11.9 Å². The van der Waals surface area contributed by atoms with E-state index in [1.807, 2.05) is 13.0 Å². The monoisotopic (exact) mass is 507 g/mol. The number of carboxylic acids is 1. The highest BCUT2D eigenvalue weighted by molar-refractivity contribution is 5.76. The molecule has 7 nitrogen and oxygen atoms in total. The zero-order chi connectivity index (χ0) is 25.6. The minimum Gasteiger partial charge on any atom is -0.480 e. The van der Waals surface area contributed by atoms with Gasteiger partial charge in [-0.3, -0.25) is 9.69 Å². The van der Waals surface area contributed by atoms with Gasteiger partial charge in [-0.05, 0) is 81.0 Å². The van der Waals surface area contributed by atoms with Crippen LogP contribution in [0.5, 0.6) is 0 Å². The largest absolute Gasteiger partial charge is 0.480 e. The van der Waals surface area contributed by atoms with Crippen LogP contribution in [0.2, 0.25) is 0 Å². The Balaban J connectivity index is 1.08. The molecule has 37 heavy (non-hydrogen) atoms. The Morgan fingerprint density at radius 1 is 1.22 bits per heavy atom. The first-order valence-corrected chi connectivity index (χ1v) is 14.1. The quantitative estimate of drug-likeness (QED) is 0.403. The molecule has 2 fully saturated rings. The minimum atomic E-state index is -0.795. The molecule has 4 heterocycles. The zero-order valence-corrected chi connectivity index (χ0v) is 22.1. The van der Waals surface area contributed by atoms with Crippen LogP contribution < -0.4 is 5.32 Å². The predicted octanol–water partition coefficient (Wildman–Crippen LogP) is 5.23. The smallest absolute Gasteiger partial charge is 0.325 e. The van der Waals surface area contributed by atoms with E-state index in [2.05, 4.69) is 34.5 Å². The predicted molar refractivity (Wildman–Crippen MR) is 144 cm³/mol. The number of nitrogens with zero attached hydrogens (tertiary/aromatic N) is 2. The van der Waals surface area contributed by atoms with Crippen molar-refractivity contribution in [3.63, 3.8) is 0 Å². The molecule has 0 saturated carbocycles. The summed E-state index contributed by atoms with van der Waals surface area (Å²) in [6.45, 7) is 5.90. The summed E-state index contributed by atoms with van der Waals surface area (Å²) in [6.07, 6.45) is 9.47. The van der Waals surface area contributed by atoms with Crippen molar-refractivity contribution in [2.75, 3.05) is 38.2 Å². The highest BCUT2D eigenvalue weighted by atomic mass is 16.5. The molecule has 5 rings (SSSR count). The fourth-order valence-electron chi connectivity index (χ4n) is 6.00. The number of rotatable bonds is 11. The number of carbonyl (C=O) groups is 1. The number of nitrogens with one attached hydrogen (secondary N) is 1. The number of aryl methyl sites for hydroxylation is 3. The molecule has 0 aliphatic carbocycles. The van der Waals surface area contributed by atoms with E-state index in [-0.39, 0.29) is 12.2 Å². The van der Waals surface area contributed by atoms with Gasteiger partial charge in [0.05, 0.1) is 12.2 Å². The summed E-state index contributed by atoms with van der Waals surface area (Å²) in [5, 5.41) is 13.6. The van der Waals surface area contributed by atoms with Crippen molar-refractivity contribution in [2.45, 2.75) is 83.0 Å². The number of anilines is 1. The van der Waals surface area contributed by atoms with Gasteiger partial charge < -0.3 is 19.9 Å². The summed E-state index contributed by atoms with van der Waals surface area (Å²) in [5.41, 5.74) is 5.50. The van der Waals surface area contributed by atoms with Gasteiger partial charge in [0, 0.05) is 38.5 Å². The summed E-state index contributed by atoms with van der Waals surface area (Å²) in [7, 11) is 0. The minimum absolute atomic E-state index is 0.000122. The fraction of sp³-hybridized carbons (Fsp3) is 0.600. The maximum atomic E-state index is 12.5. The van der Waals surface area contributed by atoms with Gasteiger partial charge in [-0.15, -0.1) is 0 Å². The first-order valence-electron chi connectivity index (χ1n) is 14.1. The number of aromatic nitrogens is 1. The Morgan fingerprint density at radius 2 is 2.14 bits per heavy atom. The van der Waals surface area contributed by atoms with Crippen LogP contribution in [-0.2, 0) is 27.1 Å². The van der Waals surface area contributed by atoms with Gasteiger partial charge in [0.2, 0.25) is 0 Å². The van der Waals surface area contributed by atoms with E-state index in [1.165, 1.54) is 17.7 Å². The second kappa shape index (κ2) is 12.4. The average molecular weight is 508 g/mol. The maximum absolute atomic E-state index is 12.5. The van der Waals surface area contributed by atoms with E-state index in [1.54, 1.807) is 0 Å². The molecular formula is C30H41N3O4. The summed E-state index contributed by atoms with van der Waals surface area (Å²) < 4.78 is 12.1. The molecule has 200 valence electrons. The molecule has 2 N–H and O–H groups in total. The molecule has 7 heteroatoms. The Kier molecular flexibility index (Phi) is 8.74. The maximum Gasteiger partial charge on any atom is 0.325 e. The zero-order valence-electron chi connectivity index (χ0n) is 22.1. The van der Waals surface area contributed by atoms with Crippen molar-refractivity contribution in [3.8, 4) is 0 Å². The topological polar surface area (TPSA) is 83.9 Å². The number of fused-ring (bicyclic) bond motifs is 1. The number of benzene rings is 1. The van der Waals surface area contributed by atoms with Gasteiger partial charge in [-0.2, -0.15) is 0 Å². The van der Waals surface area contributed by atoms with Crippen LogP contribution in [0.25, 0.3) is 0 Å². The van der Waals surface area contributed by atoms with Crippen molar-refractivity contribution < 1.29 is 19.4 Å². The van der Waals surface area contributed by atoms with Crippen LogP contribution in [0.3, 0.4) is 0 Å². The van der Waals surface area contributed by atoms with Gasteiger partial charge in [-0.25, -0.2) is 4.98 Å².